The molecule has 88 valence electrons. The molecule has 0 saturated carbocycles. The molecular weight excluding hydrogens is 200 g/mol. The third-order valence-electron chi connectivity index (χ3n) is 2.79. The van der Waals surface area contributed by atoms with Gasteiger partial charge in [-0.3, -0.25) is 4.79 Å². The molecule has 0 radical (unpaired) electrons. The standard InChI is InChI=1S/C13H20N2O/c1-5-15(13(16)11(3)14-4)12-9-7-6-8-10(12)2/h6-9,11,14H,5H2,1-4H3. The van der Waals surface area contributed by atoms with Gasteiger partial charge in [0.1, 0.15) is 0 Å². The van der Waals surface area contributed by atoms with Crippen molar-refractivity contribution in [2.75, 3.05) is 18.5 Å². The second-order valence-electron chi connectivity index (χ2n) is 3.88. The van der Waals surface area contributed by atoms with Gasteiger partial charge in [-0.1, -0.05) is 18.2 Å². The van der Waals surface area contributed by atoms with Crippen LogP contribution in [0.4, 0.5) is 5.69 Å². The number of hydrogen-bond donors (Lipinski definition) is 1. The van der Waals surface area contributed by atoms with Gasteiger partial charge in [-0.25, -0.2) is 0 Å². The van der Waals surface area contributed by atoms with Gasteiger partial charge in [-0.15, -0.1) is 0 Å². The maximum absolute atomic E-state index is 12.1. The number of hydrogen-bond acceptors (Lipinski definition) is 2. The van der Waals surface area contributed by atoms with Crippen LogP contribution in [0, 0.1) is 6.92 Å². The molecule has 0 spiro atoms. The predicted octanol–water partition coefficient (Wildman–Crippen LogP) is 1.96. The topological polar surface area (TPSA) is 32.3 Å². The Bertz CT molecular complexity index is 363. The summed E-state index contributed by atoms with van der Waals surface area (Å²) in [5, 5.41) is 2.98. The minimum Gasteiger partial charge on any atom is -0.311 e. The van der Waals surface area contributed by atoms with E-state index >= 15 is 0 Å². The first-order valence-corrected chi connectivity index (χ1v) is 5.66. The van der Waals surface area contributed by atoms with E-state index in [-0.39, 0.29) is 11.9 Å². The van der Waals surface area contributed by atoms with Crippen LogP contribution in [0.15, 0.2) is 24.3 Å². The second-order valence-corrected chi connectivity index (χ2v) is 3.88. The first-order chi connectivity index (χ1) is 7.61. The van der Waals surface area contributed by atoms with Crippen LogP contribution in [-0.4, -0.2) is 25.5 Å². The van der Waals surface area contributed by atoms with Crippen LogP contribution in [0.5, 0.6) is 0 Å². The van der Waals surface area contributed by atoms with Crippen molar-refractivity contribution in [2.45, 2.75) is 26.8 Å². The van der Waals surface area contributed by atoms with Crippen LogP contribution in [0.2, 0.25) is 0 Å². The number of aryl methyl sites for hydroxylation is 1. The average molecular weight is 220 g/mol. The number of likely N-dealkylation sites (N-methyl/N-ethyl adjacent to an activating group) is 2. The van der Waals surface area contributed by atoms with Gasteiger partial charge in [-0.2, -0.15) is 0 Å². The van der Waals surface area contributed by atoms with Gasteiger partial charge < -0.3 is 10.2 Å². The van der Waals surface area contributed by atoms with Crippen molar-refractivity contribution in [1.82, 2.24) is 5.32 Å². The summed E-state index contributed by atoms with van der Waals surface area (Å²) in [6.45, 7) is 6.58. The first kappa shape index (κ1) is 12.7. The largest absolute Gasteiger partial charge is 0.311 e. The molecule has 0 aliphatic carbocycles. The van der Waals surface area contributed by atoms with Crippen molar-refractivity contribution in [3.63, 3.8) is 0 Å². The molecular formula is C13H20N2O. The number of carbonyl (C=O) groups is 1. The van der Waals surface area contributed by atoms with Crippen molar-refractivity contribution in [1.29, 1.82) is 0 Å². The van der Waals surface area contributed by atoms with E-state index in [1.807, 2.05) is 49.9 Å². The van der Waals surface area contributed by atoms with Crippen LogP contribution in [-0.2, 0) is 4.79 Å². The van der Waals surface area contributed by atoms with E-state index in [4.69, 9.17) is 0 Å². The second kappa shape index (κ2) is 5.66. The molecule has 1 aromatic carbocycles. The van der Waals surface area contributed by atoms with Crippen LogP contribution in [0.25, 0.3) is 0 Å². The zero-order chi connectivity index (χ0) is 12.1. The molecule has 1 aromatic rings. The molecule has 3 nitrogen and oxygen atoms in total. The summed E-state index contributed by atoms with van der Waals surface area (Å²) in [6, 6.07) is 7.80. The van der Waals surface area contributed by atoms with Gasteiger partial charge in [0, 0.05) is 12.2 Å². The molecule has 1 N–H and O–H groups in total. The predicted molar refractivity (Wildman–Crippen MR) is 67.7 cm³/mol. The summed E-state index contributed by atoms with van der Waals surface area (Å²) >= 11 is 0. The summed E-state index contributed by atoms with van der Waals surface area (Å²) in [7, 11) is 1.80. The van der Waals surface area contributed by atoms with Crippen molar-refractivity contribution in [2.24, 2.45) is 0 Å². The molecule has 1 atom stereocenters. The Hall–Kier alpha value is -1.35. The molecule has 3 heteroatoms. The normalized spacial score (nSPS) is 12.2. The zero-order valence-electron chi connectivity index (χ0n) is 10.4. The van der Waals surface area contributed by atoms with Gasteiger partial charge in [0.2, 0.25) is 5.91 Å². The fourth-order valence-corrected chi connectivity index (χ4v) is 1.67. The zero-order valence-corrected chi connectivity index (χ0v) is 10.4. The SMILES string of the molecule is CCN(C(=O)C(C)NC)c1ccccc1C. The Morgan fingerprint density at radius 3 is 2.56 bits per heavy atom. The lowest BCUT2D eigenvalue weighted by Gasteiger charge is -2.25. The smallest absolute Gasteiger partial charge is 0.243 e. The molecule has 0 aromatic heterocycles. The van der Waals surface area contributed by atoms with E-state index in [2.05, 4.69) is 5.32 Å². The van der Waals surface area contributed by atoms with Gasteiger partial charge in [-0.05, 0) is 39.4 Å². The van der Waals surface area contributed by atoms with Crippen molar-refractivity contribution in [3.8, 4) is 0 Å². The number of benzene rings is 1. The molecule has 0 fully saturated rings. The van der Waals surface area contributed by atoms with Crippen LogP contribution >= 0.6 is 0 Å². The first-order valence-electron chi connectivity index (χ1n) is 5.66. The number of amides is 1. The molecule has 0 bridgehead atoms. The average Bonchev–Trinajstić information content (AvgIpc) is 2.31. The minimum absolute atomic E-state index is 0.110. The quantitative estimate of drug-likeness (QED) is 0.841. The number of nitrogens with one attached hydrogen (secondary N) is 1. The van der Waals surface area contributed by atoms with Crippen molar-refractivity contribution in [3.05, 3.63) is 29.8 Å². The van der Waals surface area contributed by atoms with Gasteiger partial charge in [0.05, 0.1) is 6.04 Å². The summed E-state index contributed by atoms with van der Waals surface area (Å²) in [5.74, 6) is 0.110. The monoisotopic (exact) mass is 220 g/mol. The number of para-hydroxylation sites is 1. The Kier molecular flexibility index (Phi) is 4.50. The number of rotatable bonds is 4. The van der Waals surface area contributed by atoms with Gasteiger partial charge >= 0.3 is 0 Å². The highest BCUT2D eigenvalue weighted by Crippen LogP contribution is 2.19. The Labute approximate surface area is 97.5 Å². The molecule has 16 heavy (non-hydrogen) atoms. The van der Waals surface area contributed by atoms with E-state index in [1.165, 1.54) is 0 Å². The highest BCUT2D eigenvalue weighted by molar-refractivity contribution is 5.97. The summed E-state index contributed by atoms with van der Waals surface area (Å²) in [5.41, 5.74) is 2.12. The fraction of sp³-hybridized carbons (Fsp3) is 0.462. The van der Waals surface area contributed by atoms with Crippen LogP contribution in [0.1, 0.15) is 19.4 Å². The Morgan fingerprint density at radius 2 is 2.06 bits per heavy atom. The van der Waals surface area contributed by atoms with Crippen LogP contribution in [0.3, 0.4) is 0 Å². The van der Waals surface area contributed by atoms with E-state index in [0.29, 0.717) is 6.54 Å². The maximum atomic E-state index is 12.1. The molecule has 1 rings (SSSR count). The Balaban J connectivity index is 2.99. The maximum Gasteiger partial charge on any atom is 0.243 e. The molecule has 0 aliphatic heterocycles. The van der Waals surface area contributed by atoms with E-state index in [0.717, 1.165) is 11.3 Å². The minimum atomic E-state index is -0.153. The fourth-order valence-electron chi connectivity index (χ4n) is 1.67. The highest BCUT2D eigenvalue weighted by Gasteiger charge is 2.19. The molecule has 0 heterocycles. The number of nitrogens with zero attached hydrogens (tertiary/aromatic N) is 1. The summed E-state index contributed by atoms with van der Waals surface area (Å²) < 4.78 is 0. The molecule has 1 amide bonds. The molecule has 0 saturated heterocycles. The molecule has 1 unspecified atom stereocenters. The van der Waals surface area contributed by atoms with Crippen molar-refractivity contribution < 1.29 is 4.79 Å². The Morgan fingerprint density at radius 1 is 1.44 bits per heavy atom. The summed E-state index contributed by atoms with van der Waals surface area (Å²) in [4.78, 5) is 13.9. The highest BCUT2D eigenvalue weighted by atomic mass is 16.2. The van der Waals surface area contributed by atoms with Crippen LogP contribution < -0.4 is 10.2 Å². The van der Waals surface area contributed by atoms with E-state index in [1.54, 1.807) is 7.05 Å². The van der Waals surface area contributed by atoms with E-state index in [9.17, 15) is 4.79 Å². The lowest BCUT2D eigenvalue weighted by Crippen LogP contribution is -2.43. The van der Waals surface area contributed by atoms with Gasteiger partial charge in [0.15, 0.2) is 0 Å². The summed E-state index contributed by atoms with van der Waals surface area (Å²) in [6.07, 6.45) is 0. The third-order valence-corrected chi connectivity index (χ3v) is 2.79. The third kappa shape index (κ3) is 2.61. The lowest BCUT2D eigenvalue weighted by molar-refractivity contribution is -0.120. The van der Waals surface area contributed by atoms with E-state index < -0.39 is 0 Å². The number of carbonyl (C=O) groups excluding carboxylic acids is 1. The molecule has 0 aliphatic rings. The van der Waals surface area contributed by atoms with Gasteiger partial charge in [0.25, 0.3) is 0 Å². The van der Waals surface area contributed by atoms with Crippen molar-refractivity contribution >= 4 is 11.6 Å². The lowest BCUT2D eigenvalue weighted by atomic mass is 10.1. The number of anilines is 1.